The summed E-state index contributed by atoms with van der Waals surface area (Å²) in [5, 5.41) is 11.7. The predicted molar refractivity (Wildman–Crippen MR) is 111 cm³/mol. The highest BCUT2D eigenvalue weighted by molar-refractivity contribution is 6.06. The molecule has 1 aliphatic carbocycles. The molecule has 0 aliphatic heterocycles. The third kappa shape index (κ3) is 5.44. The van der Waals surface area contributed by atoms with Gasteiger partial charge in [0.25, 0.3) is 5.91 Å². The van der Waals surface area contributed by atoms with Crippen LogP contribution in [-0.4, -0.2) is 43.6 Å². The van der Waals surface area contributed by atoms with Gasteiger partial charge in [-0.2, -0.15) is 19.0 Å². The summed E-state index contributed by atoms with van der Waals surface area (Å²) < 4.78 is 38.6. The summed E-state index contributed by atoms with van der Waals surface area (Å²) in [6, 6.07) is 6.54. The van der Waals surface area contributed by atoms with Gasteiger partial charge in [-0.05, 0) is 36.2 Å². The number of carbonyl (C=O) groups is 1. The van der Waals surface area contributed by atoms with Gasteiger partial charge in [0.1, 0.15) is 11.9 Å². The summed E-state index contributed by atoms with van der Waals surface area (Å²) >= 11 is 0. The molecule has 168 valence electrons. The number of pyridine rings is 1. The van der Waals surface area contributed by atoms with E-state index in [9.17, 15) is 18.0 Å². The number of amides is 1. The number of rotatable bonds is 7. The van der Waals surface area contributed by atoms with E-state index >= 15 is 0 Å². The summed E-state index contributed by atoms with van der Waals surface area (Å²) in [6.07, 6.45) is 1.76. The molecule has 0 saturated heterocycles. The Morgan fingerprint density at radius 1 is 1.41 bits per heavy atom. The Hall–Kier alpha value is -3.85. The number of hydroxylamine groups is 1. The Labute approximate surface area is 181 Å². The van der Waals surface area contributed by atoms with E-state index in [1.165, 1.54) is 24.4 Å². The van der Waals surface area contributed by atoms with Crippen molar-refractivity contribution in [2.24, 2.45) is 10.7 Å². The van der Waals surface area contributed by atoms with Crippen molar-refractivity contribution in [3.8, 4) is 6.07 Å². The SMILES string of the molecule is CN(C)c1cc(C#N)cnc1C(=O)Nc1ccc(F)c([C@H]2C[C@H]2NO/C(N)=N\C(F)F)c1. The van der Waals surface area contributed by atoms with Crippen LogP contribution in [0.5, 0.6) is 0 Å². The first-order valence-electron chi connectivity index (χ1n) is 9.41. The van der Waals surface area contributed by atoms with Crippen molar-refractivity contribution in [2.75, 3.05) is 24.3 Å². The first kappa shape index (κ1) is 22.8. The Morgan fingerprint density at radius 2 is 2.16 bits per heavy atom. The second-order valence-electron chi connectivity index (χ2n) is 7.20. The number of nitrogens with zero attached hydrogens (tertiary/aromatic N) is 4. The fraction of sp³-hybridized carbons (Fsp3) is 0.300. The molecule has 3 rings (SSSR count). The number of halogens is 3. The monoisotopic (exact) mass is 447 g/mol. The van der Waals surface area contributed by atoms with Gasteiger partial charge in [-0.1, -0.05) is 0 Å². The highest BCUT2D eigenvalue weighted by Crippen LogP contribution is 2.42. The van der Waals surface area contributed by atoms with Crippen molar-refractivity contribution in [3.05, 3.63) is 53.1 Å². The number of anilines is 2. The molecule has 1 aliphatic rings. The molecule has 0 unspecified atom stereocenters. The molecule has 9 nitrogen and oxygen atoms in total. The van der Waals surface area contributed by atoms with Crippen molar-refractivity contribution < 1.29 is 22.8 Å². The molecule has 1 aromatic heterocycles. The van der Waals surface area contributed by atoms with Gasteiger partial charge in [0.2, 0.25) is 0 Å². The van der Waals surface area contributed by atoms with Crippen LogP contribution in [0.25, 0.3) is 0 Å². The number of amidine groups is 1. The van der Waals surface area contributed by atoms with E-state index in [0.717, 1.165) is 0 Å². The molecule has 1 saturated carbocycles. The van der Waals surface area contributed by atoms with Crippen LogP contribution in [0.15, 0.2) is 35.5 Å². The van der Waals surface area contributed by atoms with Gasteiger partial charge in [0.05, 0.1) is 17.3 Å². The molecule has 12 heteroatoms. The molecular formula is C20H20F3N7O2. The molecule has 2 atom stereocenters. The molecule has 1 aromatic carbocycles. The molecule has 0 radical (unpaired) electrons. The number of nitrogens with one attached hydrogen (secondary N) is 2. The molecule has 32 heavy (non-hydrogen) atoms. The van der Waals surface area contributed by atoms with E-state index in [0.29, 0.717) is 28.9 Å². The summed E-state index contributed by atoms with van der Waals surface area (Å²) in [4.78, 5) is 26.0. The topological polar surface area (TPSA) is 129 Å². The van der Waals surface area contributed by atoms with E-state index in [4.69, 9.17) is 15.8 Å². The fourth-order valence-electron chi connectivity index (χ4n) is 3.05. The largest absolute Gasteiger partial charge is 0.376 e. The van der Waals surface area contributed by atoms with Gasteiger partial charge in [-0.15, -0.1) is 5.48 Å². The van der Waals surface area contributed by atoms with Gasteiger partial charge in [0, 0.05) is 31.9 Å². The number of benzene rings is 1. The zero-order valence-corrected chi connectivity index (χ0v) is 17.1. The minimum Gasteiger partial charge on any atom is -0.376 e. The van der Waals surface area contributed by atoms with E-state index in [-0.39, 0.29) is 17.7 Å². The first-order valence-corrected chi connectivity index (χ1v) is 9.41. The number of nitrogens with two attached hydrogens (primary N) is 1. The van der Waals surface area contributed by atoms with Crippen LogP contribution in [0.4, 0.5) is 24.5 Å². The highest BCUT2D eigenvalue weighted by Gasteiger charge is 2.41. The van der Waals surface area contributed by atoms with Crippen LogP contribution >= 0.6 is 0 Å². The van der Waals surface area contributed by atoms with E-state index < -0.39 is 24.3 Å². The number of hydrogen-bond acceptors (Lipinski definition) is 7. The summed E-state index contributed by atoms with van der Waals surface area (Å²) in [6.45, 7) is -3.00. The van der Waals surface area contributed by atoms with Crippen molar-refractivity contribution in [3.63, 3.8) is 0 Å². The van der Waals surface area contributed by atoms with Gasteiger partial charge < -0.3 is 20.8 Å². The summed E-state index contributed by atoms with van der Waals surface area (Å²) in [7, 11) is 3.43. The lowest BCUT2D eigenvalue weighted by atomic mass is 10.1. The maximum absolute atomic E-state index is 14.3. The lowest BCUT2D eigenvalue weighted by Gasteiger charge is -2.16. The molecule has 1 amide bonds. The Balaban J connectivity index is 1.71. The molecule has 0 bridgehead atoms. The van der Waals surface area contributed by atoms with E-state index in [1.807, 2.05) is 6.07 Å². The molecule has 0 spiro atoms. The number of hydrogen-bond donors (Lipinski definition) is 3. The molecular weight excluding hydrogens is 427 g/mol. The van der Waals surface area contributed by atoms with Gasteiger partial charge >= 0.3 is 12.6 Å². The second kappa shape index (κ2) is 9.52. The van der Waals surface area contributed by atoms with E-state index in [2.05, 4.69) is 20.8 Å². The van der Waals surface area contributed by atoms with Crippen molar-refractivity contribution in [2.45, 2.75) is 24.9 Å². The van der Waals surface area contributed by atoms with Crippen molar-refractivity contribution in [1.82, 2.24) is 10.5 Å². The first-order chi connectivity index (χ1) is 15.2. The quantitative estimate of drug-likeness (QED) is 0.257. The third-order valence-corrected chi connectivity index (χ3v) is 4.68. The lowest BCUT2D eigenvalue weighted by Crippen LogP contribution is -2.29. The highest BCUT2D eigenvalue weighted by atomic mass is 19.3. The number of carbonyl (C=O) groups excluding carboxylic acids is 1. The van der Waals surface area contributed by atoms with Crippen LogP contribution in [0, 0.1) is 17.1 Å². The number of aliphatic imine (C=N–C) groups is 1. The maximum Gasteiger partial charge on any atom is 0.336 e. The summed E-state index contributed by atoms with van der Waals surface area (Å²) in [5.41, 5.74) is 9.18. The maximum atomic E-state index is 14.3. The Kier molecular flexibility index (Phi) is 6.79. The standard InChI is InChI=1S/C20H20F3N7O2/c1-30(2)16-5-10(8-24)9-26-17(16)18(31)27-11-3-4-14(21)12(6-11)13-7-15(13)29-32-20(25)28-19(22)23/h3-6,9,13,15,19,29H,7H2,1-2H3,(H2,25,28)(H,27,31)/t13-,15-/m1/s1. The van der Waals surface area contributed by atoms with Gasteiger partial charge in [-0.3, -0.25) is 4.79 Å². The van der Waals surface area contributed by atoms with Gasteiger partial charge in [0.15, 0.2) is 5.69 Å². The van der Waals surface area contributed by atoms with Crippen LogP contribution in [-0.2, 0) is 4.84 Å². The average molecular weight is 447 g/mol. The average Bonchev–Trinajstić information content (AvgIpc) is 3.52. The number of alkyl halides is 2. The molecule has 1 fully saturated rings. The number of aromatic nitrogens is 1. The normalized spacial score (nSPS) is 17.6. The molecule has 4 N–H and O–H groups in total. The van der Waals surface area contributed by atoms with Crippen LogP contribution in [0.3, 0.4) is 0 Å². The minimum absolute atomic E-state index is 0.105. The van der Waals surface area contributed by atoms with Gasteiger partial charge in [-0.25, -0.2) is 9.37 Å². The number of nitriles is 1. The zero-order valence-electron chi connectivity index (χ0n) is 17.1. The zero-order chi connectivity index (χ0) is 23.4. The molecule has 2 aromatic rings. The third-order valence-electron chi connectivity index (χ3n) is 4.68. The summed E-state index contributed by atoms with van der Waals surface area (Å²) in [5.74, 6) is -1.32. The smallest absolute Gasteiger partial charge is 0.336 e. The van der Waals surface area contributed by atoms with Crippen molar-refractivity contribution >= 4 is 23.3 Å². The van der Waals surface area contributed by atoms with Crippen molar-refractivity contribution in [1.29, 1.82) is 5.26 Å². The van der Waals surface area contributed by atoms with Crippen LogP contribution in [0.1, 0.15) is 34.0 Å². The molecule has 1 heterocycles. The predicted octanol–water partition coefficient (Wildman–Crippen LogP) is 2.33. The van der Waals surface area contributed by atoms with Crippen LogP contribution < -0.4 is 21.4 Å². The lowest BCUT2D eigenvalue weighted by molar-refractivity contribution is 0.102. The van der Waals surface area contributed by atoms with E-state index in [1.54, 1.807) is 25.1 Å². The minimum atomic E-state index is -3.00. The Morgan fingerprint density at radius 3 is 2.81 bits per heavy atom. The van der Waals surface area contributed by atoms with Crippen LogP contribution in [0.2, 0.25) is 0 Å². The Bertz CT molecular complexity index is 1090. The second-order valence-corrected chi connectivity index (χ2v) is 7.20. The fourth-order valence-corrected chi connectivity index (χ4v) is 3.05.